The number of benzene rings is 3. The Morgan fingerprint density at radius 3 is 2.09 bits per heavy atom. The number of carbonyl (C=O) groups is 2. The number of nitrogens with one attached hydrogen (secondary N) is 2. The molecule has 3 aromatic carbocycles. The van der Waals surface area contributed by atoms with Crippen LogP contribution in [0.15, 0.2) is 97.3 Å². The first kappa shape index (κ1) is 34.2. The maximum atomic E-state index is 13.7. The van der Waals surface area contributed by atoms with Crippen molar-refractivity contribution >= 4 is 27.6 Å². The number of pyridine rings is 1. The van der Waals surface area contributed by atoms with E-state index in [4.69, 9.17) is 0 Å². The van der Waals surface area contributed by atoms with E-state index in [1.54, 1.807) is 36.7 Å². The maximum Gasteiger partial charge on any atom is 1.00 e. The molecule has 0 spiro atoms. The Balaban J connectivity index is 0.00000506. The standard InChI is InChI=1S/C33H35N3O5S.Na/c1-33(2,3)28-14-10-25(11-15-28)30(21-23-6-8-26(9-7-23)31(37)35-19-20-42(39,40)41)32(38)36-29-16-12-24(13-17-29)27-5-4-18-34-22-27;/h4-18,22,30H,19-21H2,1-3H3,(H,35,37)(H,36,38)(H,39,40,41);/q;+1/p-1. The van der Waals surface area contributed by atoms with Crippen molar-refractivity contribution in [2.75, 3.05) is 17.6 Å². The van der Waals surface area contributed by atoms with E-state index in [-0.39, 0.29) is 47.4 Å². The second-order valence-corrected chi connectivity index (χ2v) is 12.7. The molecular weight excluding hydrogens is 573 g/mol. The van der Waals surface area contributed by atoms with Crippen LogP contribution in [-0.2, 0) is 26.7 Å². The zero-order chi connectivity index (χ0) is 30.3. The van der Waals surface area contributed by atoms with Crippen LogP contribution in [0.1, 0.15) is 53.7 Å². The molecule has 8 nitrogen and oxygen atoms in total. The Morgan fingerprint density at radius 1 is 0.884 bits per heavy atom. The molecule has 2 amide bonds. The van der Waals surface area contributed by atoms with Gasteiger partial charge >= 0.3 is 29.6 Å². The predicted molar refractivity (Wildman–Crippen MR) is 163 cm³/mol. The van der Waals surface area contributed by atoms with E-state index >= 15 is 0 Å². The fourth-order valence-electron chi connectivity index (χ4n) is 4.51. The van der Waals surface area contributed by atoms with Crippen molar-refractivity contribution in [3.63, 3.8) is 0 Å². The molecule has 0 aliphatic heterocycles. The average Bonchev–Trinajstić information content (AvgIpc) is 2.96. The first-order chi connectivity index (χ1) is 19.9. The van der Waals surface area contributed by atoms with Gasteiger partial charge in [-0.3, -0.25) is 14.6 Å². The van der Waals surface area contributed by atoms with Gasteiger partial charge in [0, 0.05) is 30.2 Å². The van der Waals surface area contributed by atoms with E-state index in [0.29, 0.717) is 17.7 Å². The number of hydrogen-bond donors (Lipinski definition) is 2. The average molecular weight is 608 g/mol. The third-order valence-corrected chi connectivity index (χ3v) is 7.64. The summed E-state index contributed by atoms with van der Waals surface area (Å²) >= 11 is 0. The summed E-state index contributed by atoms with van der Waals surface area (Å²) in [5.41, 5.74) is 5.84. The van der Waals surface area contributed by atoms with Crippen molar-refractivity contribution in [3.05, 3.63) is 120 Å². The van der Waals surface area contributed by atoms with E-state index in [1.807, 2.05) is 60.7 Å². The van der Waals surface area contributed by atoms with Gasteiger partial charge in [-0.2, -0.15) is 0 Å². The van der Waals surface area contributed by atoms with Gasteiger partial charge in [-0.1, -0.05) is 75.4 Å². The van der Waals surface area contributed by atoms with Gasteiger partial charge in [0.25, 0.3) is 5.91 Å². The summed E-state index contributed by atoms with van der Waals surface area (Å²) in [4.78, 5) is 30.2. The van der Waals surface area contributed by atoms with Gasteiger partial charge in [-0.05, 0) is 70.0 Å². The van der Waals surface area contributed by atoms with Crippen molar-refractivity contribution in [2.24, 2.45) is 0 Å². The number of nitrogens with zero attached hydrogens (tertiary/aromatic N) is 1. The number of amides is 2. The van der Waals surface area contributed by atoms with Gasteiger partial charge in [0.15, 0.2) is 0 Å². The van der Waals surface area contributed by atoms with Gasteiger partial charge in [0.1, 0.15) is 0 Å². The van der Waals surface area contributed by atoms with E-state index in [9.17, 15) is 22.6 Å². The van der Waals surface area contributed by atoms with Crippen LogP contribution in [0, 0.1) is 0 Å². The van der Waals surface area contributed by atoms with Crippen LogP contribution >= 0.6 is 0 Å². The fourth-order valence-corrected chi connectivity index (χ4v) is 4.86. The van der Waals surface area contributed by atoms with E-state index in [1.165, 1.54) is 0 Å². The maximum absolute atomic E-state index is 13.7. The van der Waals surface area contributed by atoms with Gasteiger partial charge in [0.05, 0.1) is 21.8 Å². The summed E-state index contributed by atoms with van der Waals surface area (Å²) in [6.45, 7) is 6.15. The summed E-state index contributed by atoms with van der Waals surface area (Å²) in [5.74, 6) is -1.81. The van der Waals surface area contributed by atoms with Crippen LogP contribution in [0.5, 0.6) is 0 Å². The smallest absolute Gasteiger partial charge is 0.748 e. The van der Waals surface area contributed by atoms with Gasteiger partial charge in [0.2, 0.25) is 5.91 Å². The quantitative estimate of drug-likeness (QED) is 0.210. The Morgan fingerprint density at radius 2 is 1.53 bits per heavy atom. The first-order valence-corrected chi connectivity index (χ1v) is 15.2. The monoisotopic (exact) mass is 607 g/mol. The summed E-state index contributed by atoms with van der Waals surface area (Å²) < 4.78 is 32.4. The minimum Gasteiger partial charge on any atom is -0.748 e. The Labute approximate surface area is 275 Å². The molecule has 4 aromatic rings. The van der Waals surface area contributed by atoms with Crippen molar-refractivity contribution in [2.45, 2.75) is 38.5 Å². The number of anilines is 1. The fraction of sp³-hybridized carbons (Fsp3) is 0.242. The molecule has 0 saturated heterocycles. The third-order valence-electron chi connectivity index (χ3n) is 6.94. The summed E-state index contributed by atoms with van der Waals surface area (Å²) in [7, 11) is -4.41. The summed E-state index contributed by atoms with van der Waals surface area (Å²) in [5, 5.41) is 5.49. The molecular formula is C33H34N3NaO5S. The molecule has 1 heterocycles. The minimum atomic E-state index is -4.41. The van der Waals surface area contributed by atoms with Crippen LogP contribution in [-0.4, -0.2) is 42.1 Å². The zero-order valence-corrected chi connectivity index (χ0v) is 27.6. The molecule has 2 N–H and O–H groups in total. The van der Waals surface area contributed by atoms with E-state index < -0.39 is 27.7 Å². The van der Waals surface area contributed by atoms with Crippen LogP contribution in [0.2, 0.25) is 0 Å². The largest absolute Gasteiger partial charge is 1.00 e. The molecule has 10 heteroatoms. The molecule has 0 aliphatic rings. The molecule has 0 bridgehead atoms. The zero-order valence-electron chi connectivity index (χ0n) is 24.8. The van der Waals surface area contributed by atoms with Crippen LogP contribution in [0.4, 0.5) is 5.69 Å². The predicted octanol–water partition coefficient (Wildman–Crippen LogP) is 2.29. The van der Waals surface area contributed by atoms with Crippen LogP contribution in [0.25, 0.3) is 11.1 Å². The van der Waals surface area contributed by atoms with Crippen LogP contribution < -0.4 is 40.2 Å². The van der Waals surface area contributed by atoms with Crippen molar-refractivity contribution in [1.29, 1.82) is 0 Å². The van der Waals surface area contributed by atoms with Gasteiger partial charge < -0.3 is 15.2 Å². The number of rotatable bonds is 10. The van der Waals surface area contributed by atoms with E-state index in [0.717, 1.165) is 27.8 Å². The van der Waals surface area contributed by atoms with Gasteiger partial charge in [-0.25, -0.2) is 8.42 Å². The molecule has 1 atom stereocenters. The molecule has 0 fully saturated rings. The summed E-state index contributed by atoms with van der Waals surface area (Å²) in [6.07, 6.45) is 3.90. The van der Waals surface area contributed by atoms with Crippen molar-refractivity contribution in [3.8, 4) is 11.1 Å². The molecule has 43 heavy (non-hydrogen) atoms. The first-order valence-electron chi connectivity index (χ1n) is 13.6. The van der Waals surface area contributed by atoms with Crippen molar-refractivity contribution < 1.29 is 52.1 Å². The second kappa shape index (κ2) is 14.9. The topological polar surface area (TPSA) is 128 Å². The minimum absolute atomic E-state index is 0. The normalized spacial score (nSPS) is 12.1. The SMILES string of the molecule is CC(C)(C)c1ccc(C(Cc2ccc(C(=O)NCCS(=O)(=O)[O-])cc2)C(=O)Nc2ccc(-c3cccnc3)cc2)cc1.[Na+]. The molecule has 1 unspecified atom stereocenters. The second-order valence-electron chi connectivity index (χ2n) is 11.2. The Kier molecular flexibility index (Phi) is 11.8. The number of aromatic nitrogens is 1. The van der Waals surface area contributed by atoms with Crippen molar-refractivity contribution in [1.82, 2.24) is 10.3 Å². The summed E-state index contributed by atoms with van der Waals surface area (Å²) in [6, 6.07) is 26.3. The third kappa shape index (κ3) is 10.1. The molecule has 0 saturated carbocycles. The van der Waals surface area contributed by atoms with E-state index in [2.05, 4.69) is 36.4 Å². The van der Waals surface area contributed by atoms with Crippen LogP contribution in [0.3, 0.4) is 0 Å². The number of hydrogen-bond acceptors (Lipinski definition) is 6. The molecule has 1 aromatic heterocycles. The molecule has 4 rings (SSSR count). The Bertz CT molecular complexity index is 1620. The molecule has 0 aliphatic carbocycles. The Hall–Kier alpha value is -3.34. The molecule has 218 valence electrons. The number of carbonyl (C=O) groups excluding carboxylic acids is 2. The molecule has 0 radical (unpaired) electrons. The van der Waals surface area contributed by atoms with Gasteiger partial charge in [-0.15, -0.1) is 0 Å².